The van der Waals surface area contributed by atoms with Crippen LogP contribution < -0.4 is 5.32 Å². The second kappa shape index (κ2) is 6.70. The highest BCUT2D eigenvalue weighted by atomic mass is 16.5. The molecule has 2 fully saturated rings. The molecular weight excluding hydrogens is 296 g/mol. The van der Waals surface area contributed by atoms with E-state index in [1.807, 2.05) is 11.8 Å². The van der Waals surface area contributed by atoms with Crippen LogP contribution in [-0.2, 0) is 9.59 Å². The lowest BCUT2D eigenvalue weighted by molar-refractivity contribution is -0.130. The number of carbonyl (C=O) groups is 2. The van der Waals surface area contributed by atoms with Crippen LogP contribution in [0.25, 0.3) is 0 Å². The van der Waals surface area contributed by atoms with Gasteiger partial charge in [0.05, 0.1) is 12.2 Å². The number of anilines is 1. The summed E-state index contributed by atoms with van der Waals surface area (Å²) < 4.78 is 5.02. The Bertz CT molecular complexity index is 586. The normalized spacial score (nSPS) is 25.0. The van der Waals surface area contributed by atoms with Crippen LogP contribution in [-0.4, -0.2) is 58.5 Å². The van der Waals surface area contributed by atoms with Crippen LogP contribution in [0.15, 0.2) is 10.6 Å². The number of nitrogens with zero attached hydrogens (tertiary/aromatic N) is 3. The van der Waals surface area contributed by atoms with E-state index < -0.39 is 0 Å². The van der Waals surface area contributed by atoms with Crippen molar-refractivity contribution in [3.8, 4) is 0 Å². The van der Waals surface area contributed by atoms with Gasteiger partial charge in [0.25, 0.3) is 0 Å². The summed E-state index contributed by atoms with van der Waals surface area (Å²) in [7, 11) is 0. The average Bonchev–Trinajstić information content (AvgIpc) is 3.18. The number of carbonyl (C=O) groups excluding carboxylic acids is 2. The first-order chi connectivity index (χ1) is 11.0. The van der Waals surface area contributed by atoms with Crippen molar-refractivity contribution in [1.29, 1.82) is 0 Å². The van der Waals surface area contributed by atoms with Gasteiger partial charge in [0, 0.05) is 31.6 Å². The predicted molar refractivity (Wildman–Crippen MR) is 84.9 cm³/mol. The maximum atomic E-state index is 12.2. The zero-order valence-corrected chi connectivity index (χ0v) is 13.7. The molecule has 2 aliphatic heterocycles. The fourth-order valence-electron chi connectivity index (χ4n) is 3.85. The summed E-state index contributed by atoms with van der Waals surface area (Å²) in [4.78, 5) is 28.2. The van der Waals surface area contributed by atoms with Crippen LogP contribution in [0.1, 0.15) is 38.3 Å². The van der Waals surface area contributed by atoms with Crippen molar-refractivity contribution in [2.75, 3.05) is 25.0 Å². The van der Waals surface area contributed by atoms with Crippen molar-refractivity contribution >= 4 is 17.7 Å². The Kier molecular flexibility index (Phi) is 4.66. The Hall–Kier alpha value is -1.89. The Labute approximate surface area is 136 Å². The van der Waals surface area contributed by atoms with Gasteiger partial charge in [0.1, 0.15) is 0 Å². The topological polar surface area (TPSA) is 78.7 Å². The summed E-state index contributed by atoms with van der Waals surface area (Å²) in [5.41, 5.74) is 0.738. The molecule has 0 spiro atoms. The second-order valence-corrected chi connectivity index (χ2v) is 6.48. The van der Waals surface area contributed by atoms with Crippen LogP contribution in [0.2, 0.25) is 0 Å². The van der Waals surface area contributed by atoms with Crippen molar-refractivity contribution in [2.24, 2.45) is 0 Å². The summed E-state index contributed by atoms with van der Waals surface area (Å²) in [6.45, 7) is 5.51. The molecule has 2 atom stereocenters. The van der Waals surface area contributed by atoms with Crippen molar-refractivity contribution in [3.63, 3.8) is 0 Å². The fraction of sp³-hybridized carbons (Fsp3) is 0.688. The van der Waals surface area contributed by atoms with Crippen molar-refractivity contribution in [1.82, 2.24) is 15.0 Å². The van der Waals surface area contributed by atoms with Gasteiger partial charge in [-0.15, -0.1) is 0 Å². The molecule has 2 amide bonds. The number of nitrogens with one attached hydrogen (secondary N) is 1. The minimum Gasteiger partial charge on any atom is -0.338 e. The van der Waals surface area contributed by atoms with E-state index >= 15 is 0 Å². The molecule has 7 nitrogen and oxygen atoms in total. The Balaban J connectivity index is 1.60. The van der Waals surface area contributed by atoms with Gasteiger partial charge in [-0.25, -0.2) is 0 Å². The zero-order chi connectivity index (χ0) is 16.4. The fourth-order valence-corrected chi connectivity index (χ4v) is 3.85. The lowest BCUT2D eigenvalue weighted by Crippen LogP contribution is -2.49. The highest BCUT2D eigenvalue weighted by molar-refractivity contribution is 5.91. The van der Waals surface area contributed by atoms with E-state index in [1.54, 1.807) is 13.0 Å². The number of likely N-dealkylation sites (tertiary alicyclic amines) is 2. The Morgan fingerprint density at radius 3 is 2.74 bits per heavy atom. The lowest BCUT2D eigenvalue weighted by Gasteiger charge is -2.34. The molecule has 0 unspecified atom stereocenters. The lowest BCUT2D eigenvalue weighted by atomic mass is 10.0. The van der Waals surface area contributed by atoms with Gasteiger partial charge in [-0.05, 0) is 39.2 Å². The van der Waals surface area contributed by atoms with E-state index in [0.717, 1.165) is 44.5 Å². The maximum Gasteiger partial charge on any atom is 0.240 e. The number of hydrogen-bond acceptors (Lipinski definition) is 5. The summed E-state index contributed by atoms with van der Waals surface area (Å²) in [6.07, 6.45) is 4.20. The van der Waals surface area contributed by atoms with Crippen LogP contribution in [0.5, 0.6) is 0 Å². The van der Waals surface area contributed by atoms with Gasteiger partial charge in [-0.1, -0.05) is 5.16 Å². The summed E-state index contributed by atoms with van der Waals surface area (Å²) >= 11 is 0. The first-order valence-corrected chi connectivity index (χ1v) is 8.29. The van der Waals surface area contributed by atoms with Crippen molar-refractivity contribution < 1.29 is 14.1 Å². The molecule has 2 saturated heterocycles. The van der Waals surface area contributed by atoms with Gasteiger partial charge in [-0.3, -0.25) is 19.8 Å². The minimum atomic E-state index is -0.0968. The molecule has 126 valence electrons. The van der Waals surface area contributed by atoms with Gasteiger partial charge in [0.2, 0.25) is 17.7 Å². The molecule has 0 aromatic carbocycles. The molecule has 1 aromatic rings. The third kappa shape index (κ3) is 3.55. The molecule has 2 aliphatic rings. The summed E-state index contributed by atoms with van der Waals surface area (Å²) in [5, 5.41) is 6.51. The smallest absolute Gasteiger partial charge is 0.240 e. The molecule has 7 heteroatoms. The Morgan fingerprint density at radius 1 is 1.30 bits per heavy atom. The molecule has 0 aliphatic carbocycles. The zero-order valence-electron chi connectivity index (χ0n) is 13.7. The number of aromatic nitrogens is 1. The van der Waals surface area contributed by atoms with Crippen LogP contribution in [0.4, 0.5) is 5.88 Å². The van der Waals surface area contributed by atoms with E-state index in [9.17, 15) is 9.59 Å². The molecule has 0 bridgehead atoms. The molecule has 3 heterocycles. The van der Waals surface area contributed by atoms with Gasteiger partial charge in [0.15, 0.2) is 0 Å². The monoisotopic (exact) mass is 320 g/mol. The average molecular weight is 320 g/mol. The molecule has 0 saturated carbocycles. The van der Waals surface area contributed by atoms with Crippen LogP contribution >= 0.6 is 0 Å². The predicted octanol–water partition coefficient (Wildman–Crippen LogP) is 1.40. The molecule has 23 heavy (non-hydrogen) atoms. The van der Waals surface area contributed by atoms with Crippen LogP contribution in [0, 0.1) is 6.92 Å². The molecule has 0 radical (unpaired) electrons. The number of hydrogen-bond donors (Lipinski definition) is 1. The third-order valence-corrected chi connectivity index (χ3v) is 4.80. The van der Waals surface area contributed by atoms with Gasteiger partial charge in [-0.2, -0.15) is 0 Å². The molecule has 1 N–H and O–H groups in total. The summed E-state index contributed by atoms with van der Waals surface area (Å²) in [6, 6.07) is 2.23. The van der Waals surface area contributed by atoms with E-state index in [4.69, 9.17) is 4.52 Å². The highest BCUT2D eigenvalue weighted by Gasteiger charge is 2.39. The minimum absolute atomic E-state index is 0.0968. The van der Waals surface area contributed by atoms with E-state index in [-0.39, 0.29) is 23.9 Å². The molecule has 1 aromatic heterocycles. The van der Waals surface area contributed by atoms with Gasteiger partial charge >= 0.3 is 0 Å². The molecular formula is C16H24N4O3. The standard InChI is InChI=1S/C16H24N4O3/c1-11-9-16(23-18-11)17-15(22)10-19-7-3-5-13(19)14-6-4-8-20(14)12(2)21/h9,13-14H,3-8,10H2,1-2H3,(H,17,22)/t13-,14-/m0/s1. The SMILES string of the molecule is CC(=O)N1CCC[C@H]1[C@@H]1CCCN1CC(=O)Nc1cc(C)no1. The largest absolute Gasteiger partial charge is 0.338 e. The quantitative estimate of drug-likeness (QED) is 0.907. The molecule has 3 rings (SSSR count). The number of rotatable bonds is 4. The number of aryl methyl sites for hydroxylation is 1. The maximum absolute atomic E-state index is 12.2. The second-order valence-electron chi connectivity index (χ2n) is 6.48. The van der Waals surface area contributed by atoms with E-state index in [1.165, 1.54) is 0 Å². The van der Waals surface area contributed by atoms with E-state index in [0.29, 0.717) is 12.4 Å². The number of amides is 2. The first-order valence-electron chi connectivity index (χ1n) is 8.29. The van der Waals surface area contributed by atoms with Crippen molar-refractivity contribution in [3.05, 3.63) is 11.8 Å². The van der Waals surface area contributed by atoms with Crippen LogP contribution in [0.3, 0.4) is 0 Å². The van der Waals surface area contributed by atoms with Crippen molar-refractivity contribution in [2.45, 2.75) is 51.6 Å². The van der Waals surface area contributed by atoms with E-state index in [2.05, 4.69) is 15.4 Å². The Morgan fingerprint density at radius 2 is 2.04 bits per heavy atom. The highest BCUT2D eigenvalue weighted by Crippen LogP contribution is 2.29. The summed E-state index contributed by atoms with van der Waals surface area (Å²) in [5.74, 6) is 0.427. The first kappa shape index (κ1) is 16.0. The third-order valence-electron chi connectivity index (χ3n) is 4.80. The van der Waals surface area contributed by atoms with Gasteiger partial charge < -0.3 is 9.42 Å².